The Bertz CT molecular complexity index is 1230. The number of hydrogen-bond acceptors (Lipinski definition) is 8. The van der Waals surface area contributed by atoms with Crippen LogP contribution in [0.2, 0.25) is 5.02 Å². The number of fused-ring (bicyclic) bond motifs is 2. The first-order chi connectivity index (χ1) is 17.3. The monoisotopic (exact) mass is 513 g/mol. The van der Waals surface area contributed by atoms with Crippen LogP contribution in [0.1, 0.15) is 25.5 Å². The molecular weight excluding hydrogens is 485 g/mol. The molecule has 0 spiro atoms. The SMILES string of the molecule is Cc1cc(N2CC3CCC(C2)C3Nc2nc(Oc3cc(F)cc(Cl)c3)n(CC3(C)COC3)n2)ncn1. The number of aryl methyl sites for hydroxylation is 1. The number of ether oxygens (including phenoxy) is 2. The van der Waals surface area contributed by atoms with Crippen LogP contribution in [0.4, 0.5) is 16.2 Å². The zero-order chi connectivity index (χ0) is 24.9. The molecule has 2 saturated heterocycles. The van der Waals surface area contributed by atoms with Gasteiger partial charge in [0.2, 0.25) is 5.95 Å². The molecule has 2 unspecified atom stereocenters. The van der Waals surface area contributed by atoms with Crippen LogP contribution < -0.4 is 15.0 Å². The number of anilines is 2. The standard InChI is InChI=1S/C25H29ClFN7O2/c1-15-5-21(29-14-28-15)33-9-16-3-4-17(10-33)22(16)30-23-31-24(34(32-23)11-25(2)12-35-13-25)36-20-7-18(26)6-19(27)8-20/h5-8,14,16-17,22H,3-4,9-13H2,1-2H3,(H,30,32). The lowest BCUT2D eigenvalue weighted by Crippen LogP contribution is -2.48. The van der Waals surface area contributed by atoms with E-state index in [-0.39, 0.29) is 22.2 Å². The number of hydrogen-bond donors (Lipinski definition) is 1. The third-order valence-electron chi connectivity index (χ3n) is 7.36. The van der Waals surface area contributed by atoms with Gasteiger partial charge >= 0.3 is 6.01 Å². The van der Waals surface area contributed by atoms with E-state index in [0.717, 1.165) is 37.4 Å². The summed E-state index contributed by atoms with van der Waals surface area (Å²) in [6, 6.07) is 6.70. The van der Waals surface area contributed by atoms with Crippen molar-refractivity contribution in [3.63, 3.8) is 0 Å². The summed E-state index contributed by atoms with van der Waals surface area (Å²) < 4.78 is 27.0. The number of nitrogens with zero attached hydrogens (tertiary/aromatic N) is 6. The van der Waals surface area contributed by atoms with Crippen LogP contribution >= 0.6 is 11.6 Å². The minimum absolute atomic E-state index is 0.0529. The van der Waals surface area contributed by atoms with E-state index in [1.165, 1.54) is 12.1 Å². The van der Waals surface area contributed by atoms with Gasteiger partial charge < -0.3 is 19.7 Å². The van der Waals surface area contributed by atoms with Gasteiger partial charge in [-0.1, -0.05) is 18.5 Å². The molecule has 11 heteroatoms. The Labute approximate surface area is 214 Å². The molecule has 6 rings (SSSR count). The highest BCUT2D eigenvalue weighted by Gasteiger charge is 2.43. The van der Waals surface area contributed by atoms with Crippen molar-refractivity contribution in [2.45, 2.75) is 39.3 Å². The van der Waals surface area contributed by atoms with Crippen molar-refractivity contribution in [1.29, 1.82) is 0 Å². The minimum atomic E-state index is -0.469. The highest BCUT2D eigenvalue weighted by molar-refractivity contribution is 6.30. The quantitative estimate of drug-likeness (QED) is 0.499. The molecule has 1 aliphatic carbocycles. The zero-order valence-corrected chi connectivity index (χ0v) is 21.1. The van der Waals surface area contributed by atoms with Gasteiger partial charge in [-0.3, -0.25) is 0 Å². The number of benzene rings is 1. The molecule has 0 amide bonds. The van der Waals surface area contributed by atoms with Crippen molar-refractivity contribution < 1.29 is 13.9 Å². The molecule has 0 radical (unpaired) electrons. The highest BCUT2D eigenvalue weighted by Crippen LogP contribution is 2.40. The first kappa shape index (κ1) is 23.4. The summed E-state index contributed by atoms with van der Waals surface area (Å²) in [5.41, 5.74) is 0.919. The predicted molar refractivity (Wildman–Crippen MR) is 133 cm³/mol. The Balaban J connectivity index is 1.22. The van der Waals surface area contributed by atoms with Crippen LogP contribution in [-0.2, 0) is 11.3 Å². The van der Waals surface area contributed by atoms with E-state index in [9.17, 15) is 4.39 Å². The Hall–Kier alpha value is -2.98. The summed E-state index contributed by atoms with van der Waals surface area (Å²) in [7, 11) is 0. The fraction of sp³-hybridized carbons (Fsp3) is 0.520. The molecule has 2 aromatic heterocycles. The van der Waals surface area contributed by atoms with Crippen molar-refractivity contribution in [3.8, 4) is 11.8 Å². The molecule has 1 N–H and O–H groups in total. The highest BCUT2D eigenvalue weighted by atomic mass is 35.5. The van der Waals surface area contributed by atoms with Crippen LogP contribution in [0.3, 0.4) is 0 Å². The molecule has 2 atom stereocenters. The van der Waals surface area contributed by atoms with Crippen molar-refractivity contribution in [2.24, 2.45) is 17.3 Å². The summed E-state index contributed by atoms with van der Waals surface area (Å²) >= 11 is 6.03. The number of piperidine rings is 1. The van der Waals surface area contributed by atoms with E-state index in [1.54, 1.807) is 17.1 Å². The van der Waals surface area contributed by atoms with Gasteiger partial charge in [0, 0.05) is 47.4 Å². The molecule has 3 fully saturated rings. The molecule has 36 heavy (non-hydrogen) atoms. The van der Waals surface area contributed by atoms with Crippen molar-refractivity contribution in [3.05, 3.63) is 47.1 Å². The van der Waals surface area contributed by atoms with Gasteiger partial charge in [-0.05, 0) is 43.7 Å². The largest absolute Gasteiger partial charge is 0.424 e. The van der Waals surface area contributed by atoms with Crippen molar-refractivity contribution in [2.75, 3.05) is 36.5 Å². The summed E-state index contributed by atoms with van der Waals surface area (Å²) in [6.45, 7) is 7.84. The molecular formula is C25H29ClFN7O2. The predicted octanol–water partition coefficient (Wildman–Crippen LogP) is 4.32. The van der Waals surface area contributed by atoms with Crippen LogP contribution in [0.15, 0.2) is 30.6 Å². The Morgan fingerprint density at radius 2 is 1.94 bits per heavy atom. The summed E-state index contributed by atoms with van der Waals surface area (Å²) in [4.78, 5) is 15.7. The maximum absolute atomic E-state index is 13.9. The van der Waals surface area contributed by atoms with Crippen LogP contribution in [0.5, 0.6) is 11.8 Å². The number of rotatable bonds is 7. The molecule has 9 nitrogen and oxygen atoms in total. The first-order valence-corrected chi connectivity index (χ1v) is 12.7. The molecule has 3 aromatic rings. The van der Waals surface area contributed by atoms with Crippen LogP contribution in [0, 0.1) is 30.0 Å². The van der Waals surface area contributed by atoms with E-state index in [0.29, 0.717) is 43.6 Å². The van der Waals surface area contributed by atoms with E-state index < -0.39 is 5.82 Å². The summed E-state index contributed by atoms with van der Waals surface area (Å²) in [5.74, 6) is 2.22. The van der Waals surface area contributed by atoms with Gasteiger partial charge in [-0.15, -0.1) is 5.10 Å². The molecule has 1 saturated carbocycles. The second-order valence-corrected chi connectivity index (χ2v) is 11.0. The maximum Gasteiger partial charge on any atom is 0.322 e. The Kier molecular flexibility index (Phi) is 5.95. The summed E-state index contributed by atoms with van der Waals surface area (Å²) in [5, 5.41) is 8.61. The third kappa shape index (κ3) is 4.71. The average molecular weight is 514 g/mol. The van der Waals surface area contributed by atoms with Gasteiger partial charge in [-0.25, -0.2) is 19.0 Å². The van der Waals surface area contributed by atoms with Gasteiger partial charge in [0.25, 0.3) is 0 Å². The molecule has 2 bridgehead atoms. The van der Waals surface area contributed by atoms with Gasteiger partial charge in [-0.2, -0.15) is 4.98 Å². The molecule has 2 aliphatic heterocycles. The lowest BCUT2D eigenvalue weighted by atomic mass is 9.89. The lowest BCUT2D eigenvalue weighted by Gasteiger charge is -2.38. The second kappa shape index (κ2) is 9.15. The summed E-state index contributed by atoms with van der Waals surface area (Å²) in [6.07, 6.45) is 3.92. The van der Waals surface area contributed by atoms with Crippen LogP contribution in [-0.4, -0.2) is 57.1 Å². The van der Waals surface area contributed by atoms with E-state index in [4.69, 9.17) is 26.2 Å². The Morgan fingerprint density at radius 3 is 2.61 bits per heavy atom. The zero-order valence-electron chi connectivity index (χ0n) is 20.3. The van der Waals surface area contributed by atoms with Crippen molar-refractivity contribution in [1.82, 2.24) is 24.7 Å². The smallest absolute Gasteiger partial charge is 0.322 e. The number of aromatic nitrogens is 5. The average Bonchev–Trinajstić information content (AvgIpc) is 3.26. The Morgan fingerprint density at radius 1 is 1.17 bits per heavy atom. The molecule has 1 aromatic carbocycles. The lowest BCUT2D eigenvalue weighted by molar-refractivity contribution is -0.112. The van der Waals surface area contributed by atoms with Crippen LogP contribution in [0.25, 0.3) is 0 Å². The van der Waals surface area contributed by atoms with E-state index >= 15 is 0 Å². The maximum atomic E-state index is 13.9. The van der Waals surface area contributed by atoms with Crippen molar-refractivity contribution >= 4 is 23.4 Å². The minimum Gasteiger partial charge on any atom is -0.424 e. The molecule has 4 heterocycles. The fourth-order valence-corrected chi connectivity index (χ4v) is 5.78. The fourth-order valence-electron chi connectivity index (χ4n) is 5.57. The third-order valence-corrected chi connectivity index (χ3v) is 7.58. The number of nitrogens with one attached hydrogen (secondary N) is 1. The normalized spacial score (nSPS) is 24.4. The van der Waals surface area contributed by atoms with E-state index in [2.05, 4.69) is 32.1 Å². The molecule has 190 valence electrons. The van der Waals surface area contributed by atoms with E-state index in [1.807, 2.05) is 13.0 Å². The van der Waals surface area contributed by atoms with Gasteiger partial charge in [0.05, 0.1) is 19.8 Å². The number of halogens is 2. The van der Waals surface area contributed by atoms with Gasteiger partial charge in [0.1, 0.15) is 23.7 Å². The van der Waals surface area contributed by atoms with Gasteiger partial charge in [0.15, 0.2) is 0 Å². The first-order valence-electron chi connectivity index (χ1n) is 12.3. The second-order valence-electron chi connectivity index (χ2n) is 10.6. The molecule has 3 aliphatic rings. The topological polar surface area (TPSA) is 90.2 Å².